The molecule has 2 aliphatic rings. The van der Waals surface area contributed by atoms with Crippen LogP contribution in [0.2, 0.25) is 51.9 Å². The van der Waals surface area contributed by atoms with Crippen molar-refractivity contribution in [3.63, 3.8) is 0 Å². The van der Waals surface area contributed by atoms with E-state index in [2.05, 4.69) is 45.8 Å². The molecule has 0 N–H and O–H groups in total. The van der Waals surface area contributed by atoms with Crippen molar-refractivity contribution in [2.75, 3.05) is 0 Å². The van der Waals surface area contributed by atoms with E-state index in [0.29, 0.717) is 6.10 Å². The Labute approximate surface area is 134 Å². The minimum Gasteiger partial charge on any atom is -0.437 e. The summed E-state index contributed by atoms with van der Waals surface area (Å²) in [4.78, 5) is 0. The van der Waals surface area contributed by atoms with E-state index in [0.717, 1.165) is 12.5 Å². The van der Waals surface area contributed by atoms with Gasteiger partial charge in [-0.05, 0) is 71.1 Å². The fraction of sp³-hybridized carbons (Fsp3) is 1.00. The van der Waals surface area contributed by atoms with Crippen molar-refractivity contribution in [2.45, 2.75) is 95.7 Å². The first-order valence-corrected chi connectivity index (χ1v) is 17.9. The van der Waals surface area contributed by atoms with E-state index in [-0.39, 0.29) is 5.60 Å². The standard InChI is InChI=1S/C15H34O3Si3/c1-19(2,3)17-21(7,18-20(4,5)6)13-12-15-11-9-8-10-14(15)16-15/h14H,8-13H2,1-7H3. The van der Waals surface area contributed by atoms with Gasteiger partial charge in [0.15, 0.2) is 16.6 Å². The van der Waals surface area contributed by atoms with Crippen LogP contribution in [-0.4, -0.2) is 36.9 Å². The molecule has 124 valence electrons. The molecule has 21 heavy (non-hydrogen) atoms. The summed E-state index contributed by atoms with van der Waals surface area (Å²) in [7, 11) is -5.22. The van der Waals surface area contributed by atoms with Crippen molar-refractivity contribution in [1.29, 1.82) is 0 Å². The van der Waals surface area contributed by atoms with Crippen LogP contribution < -0.4 is 0 Å². The Kier molecular flexibility index (Phi) is 5.00. The molecule has 6 heteroatoms. The highest BCUT2D eigenvalue weighted by Crippen LogP contribution is 2.51. The molecule has 2 atom stereocenters. The SMILES string of the molecule is C[Si](C)(C)O[Si](C)(CCC12CCCCC1O2)O[Si](C)(C)C. The van der Waals surface area contributed by atoms with Gasteiger partial charge in [0.25, 0.3) is 0 Å². The summed E-state index contributed by atoms with van der Waals surface area (Å²) in [5.74, 6) is 0. The van der Waals surface area contributed by atoms with Crippen LogP contribution in [0, 0.1) is 0 Å². The molecule has 2 fully saturated rings. The zero-order valence-corrected chi connectivity index (χ0v) is 18.0. The van der Waals surface area contributed by atoms with Gasteiger partial charge >= 0.3 is 8.56 Å². The third-order valence-corrected chi connectivity index (χ3v) is 13.8. The Balaban J connectivity index is 1.99. The van der Waals surface area contributed by atoms with Gasteiger partial charge in [0.05, 0.1) is 11.7 Å². The van der Waals surface area contributed by atoms with Crippen LogP contribution in [0.15, 0.2) is 0 Å². The summed E-state index contributed by atoms with van der Waals surface area (Å²) in [6, 6.07) is 1.10. The van der Waals surface area contributed by atoms with Crippen molar-refractivity contribution in [3.8, 4) is 0 Å². The van der Waals surface area contributed by atoms with Crippen molar-refractivity contribution in [2.24, 2.45) is 0 Å². The van der Waals surface area contributed by atoms with E-state index in [1.54, 1.807) is 0 Å². The molecule has 0 spiro atoms. The van der Waals surface area contributed by atoms with E-state index in [1.807, 2.05) is 0 Å². The Morgan fingerprint density at radius 2 is 1.52 bits per heavy atom. The molecule has 0 amide bonds. The average Bonchev–Trinajstić information content (AvgIpc) is 2.96. The maximum Gasteiger partial charge on any atom is 0.314 e. The molecular weight excluding hydrogens is 312 g/mol. The first-order chi connectivity index (χ1) is 9.43. The highest BCUT2D eigenvalue weighted by molar-refractivity contribution is 6.87. The normalized spacial score (nSPS) is 30.1. The number of ether oxygens (including phenoxy) is 1. The zero-order chi connectivity index (χ0) is 15.9. The molecule has 1 aliphatic heterocycles. The fourth-order valence-corrected chi connectivity index (χ4v) is 16.3. The van der Waals surface area contributed by atoms with Gasteiger partial charge in [-0.2, -0.15) is 0 Å². The summed E-state index contributed by atoms with van der Waals surface area (Å²) in [6.07, 6.45) is 6.89. The first kappa shape index (κ1) is 17.9. The van der Waals surface area contributed by atoms with Crippen LogP contribution in [0.3, 0.4) is 0 Å². The minimum atomic E-state index is -2.08. The van der Waals surface area contributed by atoms with Gasteiger partial charge < -0.3 is 13.0 Å². The van der Waals surface area contributed by atoms with E-state index in [4.69, 9.17) is 13.0 Å². The van der Waals surface area contributed by atoms with Gasteiger partial charge in [0, 0.05) is 0 Å². The number of epoxide rings is 1. The molecule has 0 aromatic heterocycles. The lowest BCUT2D eigenvalue weighted by atomic mass is 9.87. The van der Waals surface area contributed by atoms with Gasteiger partial charge in [-0.15, -0.1) is 0 Å². The predicted octanol–water partition coefficient (Wildman–Crippen LogP) is 4.86. The van der Waals surface area contributed by atoms with Crippen LogP contribution in [0.4, 0.5) is 0 Å². The molecule has 1 saturated carbocycles. The highest BCUT2D eigenvalue weighted by Gasteiger charge is 2.57. The average molecular weight is 347 g/mol. The Bertz CT molecular complexity index is 359. The Morgan fingerprint density at radius 1 is 0.952 bits per heavy atom. The molecule has 2 unspecified atom stereocenters. The fourth-order valence-electron chi connectivity index (χ4n) is 3.75. The van der Waals surface area contributed by atoms with Crippen molar-refractivity contribution in [3.05, 3.63) is 0 Å². The molecule has 0 radical (unpaired) electrons. The second-order valence-corrected chi connectivity index (χ2v) is 21.8. The molecule has 1 saturated heterocycles. The van der Waals surface area contributed by atoms with Crippen LogP contribution >= 0.6 is 0 Å². The number of hydrogen-bond acceptors (Lipinski definition) is 3. The van der Waals surface area contributed by atoms with Gasteiger partial charge in [-0.25, -0.2) is 0 Å². The minimum absolute atomic E-state index is 0.206. The molecule has 0 aromatic rings. The molecule has 0 aromatic carbocycles. The number of fused-ring (bicyclic) bond motifs is 1. The maximum absolute atomic E-state index is 6.59. The lowest BCUT2D eigenvalue weighted by Crippen LogP contribution is -2.53. The summed E-state index contributed by atoms with van der Waals surface area (Å²) < 4.78 is 19.2. The topological polar surface area (TPSA) is 31.0 Å². The van der Waals surface area contributed by atoms with Gasteiger partial charge in [-0.1, -0.05) is 12.8 Å². The highest BCUT2D eigenvalue weighted by atomic mass is 28.5. The van der Waals surface area contributed by atoms with Crippen molar-refractivity contribution in [1.82, 2.24) is 0 Å². The van der Waals surface area contributed by atoms with Gasteiger partial charge in [-0.3, -0.25) is 0 Å². The molecule has 2 rings (SSSR count). The third-order valence-electron chi connectivity index (χ3n) is 4.27. The van der Waals surface area contributed by atoms with Crippen LogP contribution in [0.1, 0.15) is 32.1 Å². The molecule has 3 nitrogen and oxygen atoms in total. The number of hydrogen-bond donors (Lipinski definition) is 0. The smallest absolute Gasteiger partial charge is 0.314 e. The van der Waals surface area contributed by atoms with E-state index in [1.165, 1.54) is 25.7 Å². The van der Waals surface area contributed by atoms with Crippen LogP contribution in [0.5, 0.6) is 0 Å². The van der Waals surface area contributed by atoms with E-state index >= 15 is 0 Å². The lowest BCUT2D eigenvalue weighted by Gasteiger charge is -2.39. The second-order valence-electron chi connectivity index (χ2n) is 8.98. The molecule has 1 aliphatic carbocycles. The van der Waals surface area contributed by atoms with E-state index < -0.39 is 25.2 Å². The largest absolute Gasteiger partial charge is 0.437 e. The zero-order valence-electron chi connectivity index (χ0n) is 15.0. The predicted molar refractivity (Wildman–Crippen MR) is 96.0 cm³/mol. The van der Waals surface area contributed by atoms with Crippen LogP contribution in [0.25, 0.3) is 0 Å². The quantitative estimate of drug-likeness (QED) is 0.487. The molecular formula is C15H34O3Si3. The Morgan fingerprint density at radius 3 is 2.00 bits per heavy atom. The summed E-state index contributed by atoms with van der Waals surface area (Å²) in [5.41, 5.74) is 0.206. The first-order valence-electron chi connectivity index (χ1n) is 8.51. The molecule has 1 heterocycles. The summed E-state index contributed by atoms with van der Waals surface area (Å²) in [5, 5.41) is 0. The number of rotatable bonds is 7. The van der Waals surface area contributed by atoms with Gasteiger partial charge in [0.2, 0.25) is 0 Å². The summed E-state index contributed by atoms with van der Waals surface area (Å²) in [6.45, 7) is 16.0. The Hall–Kier alpha value is 0.531. The van der Waals surface area contributed by atoms with Gasteiger partial charge in [0.1, 0.15) is 0 Å². The van der Waals surface area contributed by atoms with Crippen LogP contribution in [-0.2, 0) is 13.0 Å². The third kappa shape index (κ3) is 5.28. The summed E-state index contributed by atoms with van der Waals surface area (Å²) >= 11 is 0. The lowest BCUT2D eigenvalue weighted by molar-refractivity contribution is 0.270. The van der Waals surface area contributed by atoms with Crippen molar-refractivity contribution >= 4 is 25.2 Å². The monoisotopic (exact) mass is 346 g/mol. The van der Waals surface area contributed by atoms with E-state index in [9.17, 15) is 0 Å². The van der Waals surface area contributed by atoms with Crippen molar-refractivity contribution < 1.29 is 13.0 Å². The maximum atomic E-state index is 6.59. The molecule has 0 bridgehead atoms. The second kappa shape index (κ2) is 5.87.